The maximum Gasteiger partial charge on any atom is 0.202 e. The van der Waals surface area contributed by atoms with Crippen LogP contribution in [0, 0.1) is 0 Å². The SMILES string of the molecule is COc1ccc(N=Nc2c(-n3ccc(=[N+](C)C)cc3)c(-n3ccc(=[N+](C)C)cc3)c(-n3ccc(=[N+](C)C)cc3)c(-n3ccc(=[N+](C)C)cc3)c2-n2ccc(=[N+](C)C)cc2)c(OC)c1. The lowest BCUT2D eigenvalue weighted by Crippen LogP contribution is -2.25. The van der Waals surface area contributed by atoms with Crippen molar-refractivity contribution in [1.29, 1.82) is 0 Å². The fourth-order valence-corrected chi connectivity index (χ4v) is 7.29. The first-order valence-corrected chi connectivity index (χ1v) is 20.6. The fourth-order valence-electron chi connectivity index (χ4n) is 7.29. The predicted molar refractivity (Wildman–Crippen MR) is 252 cm³/mol. The van der Waals surface area contributed by atoms with Crippen LogP contribution in [0.2, 0.25) is 0 Å². The second-order valence-electron chi connectivity index (χ2n) is 16.1. The number of azo groups is 1. The summed E-state index contributed by atoms with van der Waals surface area (Å²) in [6.45, 7) is 0. The van der Waals surface area contributed by atoms with E-state index in [0.29, 0.717) is 22.9 Å². The van der Waals surface area contributed by atoms with Gasteiger partial charge in [-0.25, -0.2) is 22.9 Å². The molecular weight excluding hydrogens is 789 g/mol. The van der Waals surface area contributed by atoms with E-state index >= 15 is 0 Å². The Morgan fingerprint density at radius 3 is 0.905 bits per heavy atom. The molecule has 7 rings (SSSR count). The summed E-state index contributed by atoms with van der Waals surface area (Å²) in [7, 11) is 23.7. The highest BCUT2D eigenvalue weighted by molar-refractivity contribution is 5.90. The van der Waals surface area contributed by atoms with Crippen LogP contribution in [0.3, 0.4) is 0 Å². The minimum atomic E-state index is 0.531. The van der Waals surface area contributed by atoms with Gasteiger partial charge in [0, 0.05) is 129 Å². The molecular formula is C49H59N12O2+5. The molecule has 7 aromatic rings. The first kappa shape index (κ1) is 43.5. The summed E-state index contributed by atoms with van der Waals surface area (Å²) in [5.74, 6) is 1.18. The van der Waals surface area contributed by atoms with Crippen molar-refractivity contribution in [3.63, 3.8) is 0 Å². The molecule has 5 aromatic heterocycles. The Bertz CT molecular complexity index is 3010. The summed E-state index contributed by atoms with van der Waals surface area (Å²) >= 11 is 0. The zero-order valence-corrected chi connectivity index (χ0v) is 38.5. The van der Waals surface area contributed by atoms with Crippen molar-refractivity contribution in [2.75, 3.05) is 84.7 Å². The average Bonchev–Trinajstić information content (AvgIpc) is 3.30. The summed E-state index contributed by atoms with van der Waals surface area (Å²) in [6.07, 6.45) is 21.0. The number of nitrogens with zero attached hydrogens (tertiary/aromatic N) is 12. The number of rotatable bonds is 9. The molecule has 0 spiro atoms. The Balaban J connectivity index is 1.81. The molecule has 0 fully saturated rings. The van der Waals surface area contributed by atoms with Gasteiger partial charge in [-0.3, -0.25) is 0 Å². The van der Waals surface area contributed by atoms with Crippen molar-refractivity contribution in [1.82, 2.24) is 45.7 Å². The number of pyridine rings is 5. The molecule has 0 N–H and O–H groups in total. The van der Waals surface area contributed by atoms with Gasteiger partial charge in [-0.05, 0) is 12.1 Å². The highest BCUT2D eigenvalue weighted by Gasteiger charge is 2.29. The van der Waals surface area contributed by atoms with Gasteiger partial charge in [-0.15, -0.1) is 10.2 Å². The molecule has 0 bridgehead atoms. The van der Waals surface area contributed by atoms with E-state index in [2.05, 4.69) is 182 Å². The summed E-state index contributed by atoms with van der Waals surface area (Å²) in [6, 6.07) is 26.7. The Kier molecular flexibility index (Phi) is 12.8. The maximum atomic E-state index is 5.85. The van der Waals surface area contributed by atoms with Crippen molar-refractivity contribution in [2.45, 2.75) is 0 Å². The summed E-state index contributed by atoms with van der Waals surface area (Å²) < 4.78 is 32.7. The molecule has 0 aliphatic carbocycles. The smallest absolute Gasteiger partial charge is 0.202 e. The average molecular weight is 848 g/mol. The lowest BCUT2D eigenvalue weighted by Gasteiger charge is -2.28. The van der Waals surface area contributed by atoms with Crippen molar-refractivity contribution >= 4 is 11.4 Å². The van der Waals surface area contributed by atoms with Crippen molar-refractivity contribution in [2.24, 2.45) is 10.2 Å². The third kappa shape index (κ3) is 9.06. The topological polar surface area (TPSA) is 82.9 Å². The molecule has 2 aromatic carbocycles. The van der Waals surface area contributed by atoms with Crippen LogP contribution in [0.15, 0.2) is 151 Å². The minimum absolute atomic E-state index is 0.531. The van der Waals surface area contributed by atoms with Crippen LogP contribution in [0.5, 0.6) is 11.5 Å². The number of hydrogen-bond donors (Lipinski definition) is 0. The Labute approximate surface area is 368 Å². The van der Waals surface area contributed by atoms with Gasteiger partial charge in [-0.2, -0.15) is 0 Å². The zero-order valence-electron chi connectivity index (χ0n) is 38.5. The van der Waals surface area contributed by atoms with E-state index < -0.39 is 0 Å². The van der Waals surface area contributed by atoms with E-state index in [-0.39, 0.29) is 0 Å². The van der Waals surface area contributed by atoms with Crippen molar-refractivity contribution in [3.05, 3.63) is 168 Å². The van der Waals surface area contributed by atoms with E-state index in [9.17, 15) is 0 Å². The van der Waals surface area contributed by atoms with Crippen LogP contribution in [0.4, 0.5) is 11.4 Å². The summed E-state index contributed by atoms with van der Waals surface area (Å²) in [5, 5.41) is 15.7. The third-order valence-corrected chi connectivity index (χ3v) is 10.9. The first-order chi connectivity index (χ1) is 30.3. The monoisotopic (exact) mass is 847 g/mol. The van der Waals surface area contributed by atoms with Crippen LogP contribution in [-0.4, -0.2) is 108 Å². The molecule has 0 saturated heterocycles. The molecule has 0 aliphatic rings. The van der Waals surface area contributed by atoms with Gasteiger partial charge in [0.05, 0.1) is 31.3 Å². The highest BCUT2D eigenvalue weighted by Crippen LogP contribution is 2.46. The van der Waals surface area contributed by atoms with Crippen LogP contribution in [-0.2, 0) is 0 Å². The molecule has 0 atom stereocenters. The van der Waals surface area contributed by atoms with E-state index in [1.54, 1.807) is 14.2 Å². The number of aromatic nitrogens is 5. The normalized spacial score (nSPS) is 11.1. The quantitative estimate of drug-likeness (QED) is 0.165. The van der Waals surface area contributed by atoms with E-state index in [1.165, 1.54) is 0 Å². The van der Waals surface area contributed by atoms with Crippen LogP contribution >= 0.6 is 0 Å². The molecule has 0 unspecified atom stereocenters. The lowest BCUT2D eigenvalue weighted by molar-refractivity contribution is 0.395. The van der Waals surface area contributed by atoms with E-state index in [1.807, 2.05) is 74.6 Å². The van der Waals surface area contributed by atoms with Gasteiger partial charge >= 0.3 is 0 Å². The first-order valence-electron chi connectivity index (χ1n) is 20.6. The fraction of sp³-hybridized carbons (Fsp3) is 0.245. The Hall–Kier alpha value is -7.61. The van der Waals surface area contributed by atoms with Gasteiger partial charge in [0.15, 0.2) is 0 Å². The minimum Gasteiger partial charge on any atom is -0.497 e. The molecule has 322 valence electrons. The molecule has 0 amide bonds. The molecule has 0 saturated carbocycles. The molecule has 0 aliphatic heterocycles. The predicted octanol–water partition coefficient (Wildman–Crippen LogP) is 3.23. The molecule has 14 heteroatoms. The van der Waals surface area contributed by atoms with Gasteiger partial charge in [0.2, 0.25) is 26.8 Å². The molecule has 63 heavy (non-hydrogen) atoms. The van der Waals surface area contributed by atoms with Crippen LogP contribution < -0.4 is 59.1 Å². The summed E-state index contributed by atoms with van der Waals surface area (Å²) in [5.41, 5.74) is 5.32. The number of hydrogen-bond acceptors (Lipinski definition) is 4. The second kappa shape index (κ2) is 18.6. The van der Waals surface area contributed by atoms with Crippen molar-refractivity contribution in [3.8, 4) is 39.9 Å². The molecule has 14 nitrogen and oxygen atoms in total. The van der Waals surface area contributed by atoms with Crippen LogP contribution in [0.1, 0.15) is 0 Å². The maximum absolute atomic E-state index is 5.85. The standard InChI is InChI=1S/C49H59N12O2/c1-52(2)36-15-25-57(26-16-36)45-44(51-50-42-14-13-41(62-11)35-43(42)63-12)46(58-27-17-37(18-28-58)53(3)4)48(60-31-21-39(22-32-60)55(7)8)49(61-33-23-40(24-34-61)56(9)10)47(45)59-29-19-38(20-30-59)54(5)6/h13-35H,1-12H3/q+5. The largest absolute Gasteiger partial charge is 0.497 e. The van der Waals surface area contributed by atoms with Gasteiger partial charge in [0.1, 0.15) is 105 Å². The van der Waals surface area contributed by atoms with E-state index in [0.717, 1.165) is 55.2 Å². The molecule has 5 heterocycles. The van der Waals surface area contributed by atoms with Crippen LogP contribution in [0.25, 0.3) is 28.4 Å². The van der Waals surface area contributed by atoms with Crippen molar-refractivity contribution < 1.29 is 9.47 Å². The number of benzene rings is 2. The number of methoxy groups -OCH3 is 2. The highest BCUT2D eigenvalue weighted by atomic mass is 16.5. The zero-order chi connectivity index (χ0) is 44.9. The third-order valence-electron chi connectivity index (χ3n) is 10.9. The Morgan fingerprint density at radius 2 is 0.635 bits per heavy atom. The number of ether oxygens (including phenoxy) is 2. The lowest BCUT2D eigenvalue weighted by atomic mass is 10.1. The summed E-state index contributed by atoms with van der Waals surface area (Å²) in [4.78, 5) is 0. The van der Waals surface area contributed by atoms with Gasteiger partial charge in [-0.1, -0.05) is 0 Å². The van der Waals surface area contributed by atoms with Gasteiger partial charge in [0.25, 0.3) is 0 Å². The van der Waals surface area contributed by atoms with E-state index in [4.69, 9.17) is 19.7 Å². The molecule has 0 radical (unpaired) electrons. The van der Waals surface area contributed by atoms with Gasteiger partial charge < -0.3 is 32.3 Å². The Morgan fingerprint density at radius 1 is 0.349 bits per heavy atom. The second-order valence-corrected chi connectivity index (χ2v) is 16.1.